The Kier molecular flexibility index (Phi) is 5.28. The van der Waals surface area contributed by atoms with Crippen LogP contribution in [-0.2, 0) is 12.8 Å². The number of aryl methyl sites for hydroxylation is 1. The third-order valence-corrected chi connectivity index (χ3v) is 5.06. The third kappa shape index (κ3) is 3.51. The fourth-order valence-corrected chi connectivity index (χ4v) is 3.60. The summed E-state index contributed by atoms with van der Waals surface area (Å²) in [6.45, 7) is 2.19. The van der Waals surface area contributed by atoms with Crippen LogP contribution in [-0.4, -0.2) is 7.05 Å². The normalized spacial score (nSPS) is 12.6. The molecule has 0 amide bonds. The van der Waals surface area contributed by atoms with E-state index in [1.165, 1.54) is 16.0 Å². The third-order valence-electron chi connectivity index (χ3n) is 3.25. The van der Waals surface area contributed by atoms with Crippen LogP contribution in [0, 0.1) is 0 Å². The maximum absolute atomic E-state index is 6.07. The summed E-state index contributed by atoms with van der Waals surface area (Å²) in [7, 11) is 2.00. The average molecular weight is 314 g/mol. The fourth-order valence-electron chi connectivity index (χ4n) is 2.17. The lowest BCUT2D eigenvalue weighted by atomic mass is 10.0. The Hall–Kier alpha value is -0.540. The Labute approximate surface area is 128 Å². The second-order valence-corrected chi connectivity index (χ2v) is 6.22. The van der Waals surface area contributed by atoms with Gasteiger partial charge in [0.2, 0.25) is 0 Å². The zero-order valence-corrected chi connectivity index (χ0v) is 13.4. The fraction of sp³-hybridized carbons (Fsp3) is 0.333. The van der Waals surface area contributed by atoms with E-state index in [4.69, 9.17) is 23.2 Å². The predicted molar refractivity (Wildman–Crippen MR) is 85.7 cm³/mol. The van der Waals surface area contributed by atoms with Crippen LogP contribution in [0.15, 0.2) is 29.6 Å². The van der Waals surface area contributed by atoms with E-state index in [9.17, 15) is 0 Å². The van der Waals surface area contributed by atoms with Gasteiger partial charge in [0.1, 0.15) is 0 Å². The lowest BCUT2D eigenvalue weighted by Gasteiger charge is -2.17. The average Bonchev–Trinajstić information content (AvgIpc) is 2.88. The van der Waals surface area contributed by atoms with Crippen molar-refractivity contribution in [2.75, 3.05) is 7.05 Å². The van der Waals surface area contributed by atoms with Crippen LogP contribution in [0.5, 0.6) is 0 Å². The Morgan fingerprint density at radius 3 is 2.63 bits per heavy atom. The first-order chi connectivity index (χ1) is 9.15. The van der Waals surface area contributed by atoms with Crippen molar-refractivity contribution in [3.8, 4) is 0 Å². The van der Waals surface area contributed by atoms with E-state index in [1.807, 2.05) is 36.6 Å². The molecule has 0 aliphatic carbocycles. The summed E-state index contributed by atoms with van der Waals surface area (Å²) < 4.78 is 0. The molecule has 1 atom stereocenters. The van der Waals surface area contributed by atoms with Gasteiger partial charge in [-0.05, 0) is 54.6 Å². The smallest absolute Gasteiger partial charge is 0.0595 e. The predicted octanol–water partition coefficient (Wildman–Crippen LogP) is 5.12. The summed E-state index contributed by atoms with van der Waals surface area (Å²) in [6, 6.07) is 8.39. The van der Waals surface area contributed by atoms with Gasteiger partial charge in [-0.2, -0.15) is 0 Å². The highest BCUT2D eigenvalue weighted by atomic mass is 35.5. The minimum absolute atomic E-state index is 0.326. The van der Waals surface area contributed by atoms with E-state index in [1.54, 1.807) is 0 Å². The van der Waals surface area contributed by atoms with Crippen molar-refractivity contribution < 1.29 is 0 Å². The standard InChI is InChI=1S/C15H17Cl2NS/c1-3-11-6-7-19-15(11)14(18-2)9-10-4-5-12(16)13(17)8-10/h4-8,14,18H,3,9H2,1-2H3. The molecule has 2 aromatic rings. The number of thiophene rings is 1. The zero-order chi connectivity index (χ0) is 13.8. The van der Waals surface area contributed by atoms with Gasteiger partial charge in [0.25, 0.3) is 0 Å². The van der Waals surface area contributed by atoms with Gasteiger partial charge in [-0.25, -0.2) is 0 Å². The van der Waals surface area contributed by atoms with Gasteiger partial charge in [-0.15, -0.1) is 11.3 Å². The summed E-state index contributed by atoms with van der Waals surface area (Å²) in [5.41, 5.74) is 2.62. The summed E-state index contributed by atoms with van der Waals surface area (Å²) in [5.74, 6) is 0. The molecule has 1 aromatic heterocycles. The van der Waals surface area contributed by atoms with E-state index < -0.39 is 0 Å². The van der Waals surface area contributed by atoms with Crippen LogP contribution < -0.4 is 5.32 Å². The zero-order valence-electron chi connectivity index (χ0n) is 11.0. The molecule has 1 unspecified atom stereocenters. The molecule has 0 spiro atoms. The molecule has 0 fully saturated rings. The van der Waals surface area contributed by atoms with E-state index in [-0.39, 0.29) is 0 Å². The van der Waals surface area contributed by atoms with Crippen molar-refractivity contribution in [2.24, 2.45) is 0 Å². The molecule has 1 heterocycles. The molecule has 1 N–H and O–H groups in total. The molecule has 4 heteroatoms. The van der Waals surface area contributed by atoms with Gasteiger partial charge in [0.05, 0.1) is 10.0 Å². The van der Waals surface area contributed by atoms with Gasteiger partial charge < -0.3 is 5.32 Å². The van der Waals surface area contributed by atoms with E-state index in [2.05, 4.69) is 23.7 Å². The summed E-state index contributed by atoms with van der Waals surface area (Å²) in [4.78, 5) is 1.41. The molecule has 1 nitrogen and oxygen atoms in total. The molecule has 19 heavy (non-hydrogen) atoms. The highest BCUT2D eigenvalue weighted by Crippen LogP contribution is 2.29. The van der Waals surface area contributed by atoms with Crippen LogP contribution in [0.3, 0.4) is 0 Å². The van der Waals surface area contributed by atoms with Crippen LogP contribution in [0.2, 0.25) is 10.0 Å². The highest BCUT2D eigenvalue weighted by molar-refractivity contribution is 7.10. The Bertz CT molecular complexity index is 551. The Morgan fingerprint density at radius 1 is 1.21 bits per heavy atom. The van der Waals surface area contributed by atoms with Crippen molar-refractivity contribution in [2.45, 2.75) is 25.8 Å². The number of halogens is 2. The molecular weight excluding hydrogens is 297 g/mol. The lowest BCUT2D eigenvalue weighted by molar-refractivity contribution is 0.597. The first kappa shape index (κ1) is 14.9. The molecule has 2 rings (SSSR count). The molecule has 0 aliphatic heterocycles. The molecule has 0 bridgehead atoms. The number of hydrogen-bond donors (Lipinski definition) is 1. The van der Waals surface area contributed by atoms with Gasteiger partial charge in [-0.1, -0.05) is 36.2 Å². The van der Waals surface area contributed by atoms with Crippen molar-refractivity contribution in [1.29, 1.82) is 0 Å². The van der Waals surface area contributed by atoms with Crippen molar-refractivity contribution in [3.05, 3.63) is 55.7 Å². The molecule has 102 valence electrons. The monoisotopic (exact) mass is 313 g/mol. The first-order valence-electron chi connectivity index (χ1n) is 6.33. The van der Waals surface area contributed by atoms with Crippen LogP contribution in [0.4, 0.5) is 0 Å². The maximum Gasteiger partial charge on any atom is 0.0595 e. The number of likely N-dealkylation sites (N-methyl/N-ethyl adjacent to an activating group) is 1. The molecule has 0 saturated carbocycles. The molecule has 0 saturated heterocycles. The van der Waals surface area contributed by atoms with E-state index >= 15 is 0 Å². The molecule has 1 aromatic carbocycles. The molecular formula is C15H17Cl2NS. The Balaban J connectivity index is 2.21. The second-order valence-electron chi connectivity index (χ2n) is 4.46. The highest BCUT2D eigenvalue weighted by Gasteiger charge is 2.15. The number of benzene rings is 1. The molecule has 0 radical (unpaired) electrons. The van der Waals surface area contributed by atoms with Crippen LogP contribution in [0.1, 0.15) is 29.0 Å². The first-order valence-corrected chi connectivity index (χ1v) is 7.96. The number of hydrogen-bond acceptors (Lipinski definition) is 2. The summed E-state index contributed by atoms with van der Waals surface area (Å²) in [6.07, 6.45) is 1.99. The van der Waals surface area contributed by atoms with E-state index in [0.29, 0.717) is 16.1 Å². The number of rotatable bonds is 5. The number of nitrogens with one attached hydrogen (secondary N) is 1. The lowest BCUT2D eigenvalue weighted by Crippen LogP contribution is -2.18. The maximum atomic E-state index is 6.07. The Morgan fingerprint density at radius 2 is 2.00 bits per heavy atom. The van der Waals surface area contributed by atoms with Crippen molar-refractivity contribution in [1.82, 2.24) is 5.32 Å². The molecule has 0 aliphatic rings. The van der Waals surface area contributed by atoms with Gasteiger partial charge >= 0.3 is 0 Å². The van der Waals surface area contributed by atoms with Gasteiger partial charge in [-0.3, -0.25) is 0 Å². The summed E-state index contributed by atoms with van der Waals surface area (Å²) >= 11 is 13.8. The van der Waals surface area contributed by atoms with Crippen LogP contribution >= 0.6 is 34.5 Å². The van der Waals surface area contributed by atoms with Crippen molar-refractivity contribution in [3.63, 3.8) is 0 Å². The summed E-state index contributed by atoms with van der Waals surface area (Å²) in [5, 5.41) is 6.79. The topological polar surface area (TPSA) is 12.0 Å². The van der Waals surface area contributed by atoms with Crippen LogP contribution in [0.25, 0.3) is 0 Å². The minimum Gasteiger partial charge on any atom is -0.312 e. The minimum atomic E-state index is 0.326. The largest absolute Gasteiger partial charge is 0.312 e. The van der Waals surface area contributed by atoms with Gasteiger partial charge in [0.15, 0.2) is 0 Å². The van der Waals surface area contributed by atoms with Crippen molar-refractivity contribution >= 4 is 34.5 Å². The quantitative estimate of drug-likeness (QED) is 0.807. The SMILES string of the molecule is CCc1ccsc1C(Cc1ccc(Cl)c(Cl)c1)NC. The van der Waals surface area contributed by atoms with Gasteiger partial charge in [0, 0.05) is 10.9 Å². The second kappa shape index (κ2) is 6.76. The van der Waals surface area contributed by atoms with E-state index in [0.717, 1.165) is 12.8 Å².